The van der Waals surface area contributed by atoms with Gasteiger partial charge in [0.15, 0.2) is 0 Å². The zero-order valence-electron chi connectivity index (χ0n) is 29.3. The zero-order chi connectivity index (χ0) is 35.3. The van der Waals surface area contributed by atoms with E-state index in [1.54, 1.807) is 0 Å². The van der Waals surface area contributed by atoms with Gasteiger partial charge in [-0.15, -0.1) is 0 Å². The van der Waals surface area contributed by atoms with E-state index in [4.69, 9.17) is 4.42 Å². The van der Waals surface area contributed by atoms with Crippen LogP contribution in [0.15, 0.2) is 199 Å². The molecule has 0 aliphatic heterocycles. The van der Waals surface area contributed by atoms with Gasteiger partial charge in [-0.3, -0.25) is 0 Å². The number of anilines is 3. The molecule has 0 saturated heterocycles. The Morgan fingerprint density at radius 2 is 0.925 bits per heavy atom. The summed E-state index contributed by atoms with van der Waals surface area (Å²) in [4.78, 5) is 2.35. The van der Waals surface area contributed by atoms with Gasteiger partial charge in [0.2, 0.25) is 0 Å². The largest absolute Gasteiger partial charge is 0.456 e. The van der Waals surface area contributed by atoms with Gasteiger partial charge >= 0.3 is 0 Å². The van der Waals surface area contributed by atoms with Crippen molar-refractivity contribution < 1.29 is 4.42 Å². The Balaban J connectivity index is 1.07. The Kier molecular flexibility index (Phi) is 7.40. The van der Waals surface area contributed by atoms with E-state index >= 15 is 0 Å². The van der Waals surface area contributed by atoms with Gasteiger partial charge in [-0.25, -0.2) is 0 Å². The molecule has 0 bridgehead atoms. The minimum absolute atomic E-state index is 0.909. The van der Waals surface area contributed by atoms with Crippen molar-refractivity contribution in [2.45, 2.75) is 6.92 Å². The predicted molar refractivity (Wildman–Crippen MR) is 224 cm³/mol. The van der Waals surface area contributed by atoms with E-state index in [1.165, 1.54) is 54.9 Å². The molecule has 1 heterocycles. The molecule has 10 aromatic rings. The lowest BCUT2D eigenvalue weighted by Gasteiger charge is -2.26. The Bertz CT molecular complexity index is 2920. The van der Waals surface area contributed by atoms with Crippen molar-refractivity contribution in [2.24, 2.45) is 0 Å². The molecule has 0 unspecified atom stereocenters. The molecule has 0 spiro atoms. The summed E-state index contributed by atoms with van der Waals surface area (Å²) in [5, 5.41) is 7.38. The lowest BCUT2D eigenvalue weighted by Crippen LogP contribution is -2.09. The second-order valence-corrected chi connectivity index (χ2v) is 13.8. The van der Waals surface area contributed by atoms with Crippen molar-refractivity contribution in [2.75, 3.05) is 4.90 Å². The Hall–Kier alpha value is -6.90. The summed E-state index contributed by atoms with van der Waals surface area (Å²) in [7, 11) is 0. The van der Waals surface area contributed by atoms with Crippen LogP contribution >= 0.6 is 0 Å². The average molecular weight is 678 g/mol. The van der Waals surface area contributed by atoms with Crippen molar-refractivity contribution in [3.63, 3.8) is 0 Å². The Morgan fingerprint density at radius 1 is 0.358 bits per heavy atom. The first-order chi connectivity index (χ1) is 26.2. The van der Waals surface area contributed by atoms with Crippen molar-refractivity contribution in [3.8, 4) is 33.4 Å². The van der Waals surface area contributed by atoms with Gasteiger partial charge in [0.1, 0.15) is 11.2 Å². The molecule has 0 fully saturated rings. The quantitative estimate of drug-likeness (QED) is 0.163. The Labute approximate surface area is 308 Å². The highest BCUT2D eigenvalue weighted by atomic mass is 16.3. The normalized spacial score (nSPS) is 11.5. The van der Waals surface area contributed by atoms with E-state index in [0.29, 0.717) is 0 Å². The van der Waals surface area contributed by atoms with Crippen LogP contribution in [-0.2, 0) is 0 Å². The van der Waals surface area contributed by atoms with E-state index in [2.05, 4.69) is 206 Å². The number of fused-ring (bicyclic) bond motifs is 6. The van der Waals surface area contributed by atoms with Gasteiger partial charge in [0.05, 0.1) is 0 Å². The van der Waals surface area contributed by atoms with Gasteiger partial charge in [-0.2, -0.15) is 0 Å². The fourth-order valence-electron chi connectivity index (χ4n) is 7.94. The minimum Gasteiger partial charge on any atom is -0.456 e. The number of hydrogen-bond donors (Lipinski definition) is 0. The molecule has 53 heavy (non-hydrogen) atoms. The summed E-state index contributed by atoms with van der Waals surface area (Å²) in [6, 6.07) is 69.9. The molecule has 1 aromatic heterocycles. The van der Waals surface area contributed by atoms with Crippen LogP contribution in [0.1, 0.15) is 5.56 Å². The predicted octanol–water partition coefficient (Wildman–Crippen LogP) is 14.7. The summed E-state index contributed by atoms with van der Waals surface area (Å²) < 4.78 is 6.27. The lowest BCUT2D eigenvalue weighted by molar-refractivity contribution is 0.669. The monoisotopic (exact) mass is 677 g/mol. The van der Waals surface area contributed by atoms with E-state index in [-0.39, 0.29) is 0 Å². The SMILES string of the molecule is Cc1ccc2oc3cccc(-c4ccc(N(c5ccc(-c6ccccc6)cc5)c5ccc(-c6cc7ccccc7c7ccccc67)cc5)cc4)c3c2c1. The highest BCUT2D eigenvalue weighted by molar-refractivity contribution is 6.14. The smallest absolute Gasteiger partial charge is 0.136 e. The standard InChI is InChI=1S/C51H35NO/c1-34-18-31-49-48(32-34)51-44(16-9-17-50(51)53-49)37-21-27-41(28-22-37)52(40-25-19-36(20-26-40)35-10-3-2-4-11-35)42-29-23-38(24-30-42)47-33-39-12-5-6-13-43(39)45-14-7-8-15-46(45)47/h2-33H,1H3. The molecule has 0 saturated carbocycles. The van der Waals surface area contributed by atoms with Crippen LogP contribution < -0.4 is 4.90 Å². The first-order valence-corrected chi connectivity index (χ1v) is 18.2. The molecule has 250 valence electrons. The van der Waals surface area contributed by atoms with E-state index in [9.17, 15) is 0 Å². The zero-order valence-corrected chi connectivity index (χ0v) is 29.3. The van der Waals surface area contributed by atoms with Crippen LogP contribution in [0.25, 0.3) is 76.9 Å². The third-order valence-electron chi connectivity index (χ3n) is 10.5. The summed E-state index contributed by atoms with van der Waals surface area (Å²) in [6.07, 6.45) is 0. The van der Waals surface area contributed by atoms with Crippen molar-refractivity contribution in [1.82, 2.24) is 0 Å². The number of nitrogens with zero attached hydrogens (tertiary/aromatic N) is 1. The molecule has 0 amide bonds. The van der Waals surface area contributed by atoms with Crippen LogP contribution in [0.2, 0.25) is 0 Å². The second-order valence-electron chi connectivity index (χ2n) is 13.8. The number of rotatable bonds is 6. The van der Waals surface area contributed by atoms with E-state index in [0.717, 1.165) is 44.6 Å². The lowest BCUT2D eigenvalue weighted by atomic mass is 9.93. The maximum Gasteiger partial charge on any atom is 0.136 e. The fraction of sp³-hybridized carbons (Fsp3) is 0.0196. The summed E-state index contributed by atoms with van der Waals surface area (Å²) >= 11 is 0. The number of hydrogen-bond acceptors (Lipinski definition) is 2. The summed E-state index contributed by atoms with van der Waals surface area (Å²) in [5.74, 6) is 0. The topological polar surface area (TPSA) is 16.4 Å². The maximum atomic E-state index is 6.27. The van der Waals surface area contributed by atoms with Gasteiger partial charge in [-0.1, -0.05) is 139 Å². The van der Waals surface area contributed by atoms with Crippen molar-refractivity contribution in [1.29, 1.82) is 0 Å². The third-order valence-corrected chi connectivity index (χ3v) is 10.5. The molecule has 0 radical (unpaired) electrons. The maximum absolute atomic E-state index is 6.27. The summed E-state index contributed by atoms with van der Waals surface area (Å²) in [6.45, 7) is 2.13. The van der Waals surface area contributed by atoms with Crippen molar-refractivity contribution >= 4 is 60.5 Å². The molecular formula is C51H35NO. The van der Waals surface area contributed by atoms with Crippen molar-refractivity contribution in [3.05, 3.63) is 200 Å². The first kappa shape index (κ1) is 30.9. The summed E-state index contributed by atoms with van der Waals surface area (Å²) in [5.41, 5.74) is 13.5. The van der Waals surface area contributed by atoms with Gasteiger partial charge in [0.25, 0.3) is 0 Å². The number of benzene rings is 9. The molecule has 0 N–H and O–H groups in total. The molecular weight excluding hydrogens is 643 g/mol. The van der Waals surface area contributed by atoms with Crippen LogP contribution in [-0.4, -0.2) is 0 Å². The number of furan rings is 1. The van der Waals surface area contributed by atoms with Gasteiger partial charge in [-0.05, 0) is 123 Å². The molecule has 9 aromatic carbocycles. The fourth-order valence-corrected chi connectivity index (χ4v) is 7.94. The van der Waals surface area contributed by atoms with E-state index < -0.39 is 0 Å². The van der Waals surface area contributed by atoms with Gasteiger partial charge < -0.3 is 9.32 Å². The van der Waals surface area contributed by atoms with Crippen LogP contribution in [0.5, 0.6) is 0 Å². The third kappa shape index (κ3) is 5.44. The highest BCUT2D eigenvalue weighted by Gasteiger charge is 2.17. The highest BCUT2D eigenvalue weighted by Crippen LogP contribution is 2.41. The molecule has 2 nitrogen and oxygen atoms in total. The minimum atomic E-state index is 0.909. The van der Waals surface area contributed by atoms with Gasteiger partial charge in [0, 0.05) is 27.8 Å². The van der Waals surface area contributed by atoms with E-state index in [1.807, 2.05) is 0 Å². The molecule has 0 aliphatic rings. The second kappa shape index (κ2) is 12.7. The molecule has 0 aliphatic carbocycles. The molecule has 0 atom stereocenters. The molecule has 2 heteroatoms. The molecule has 10 rings (SSSR count). The average Bonchev–Trinajstić information content (AvgIpc) is 3.60. The van der Waals surface area contributed by atoms with Crippen LogP contribution in [0, 0.1) is 6.92 Å². The Morgan fingerprint density at radius 3 is 1.62 bits per heavy atom. The van der Waals surface area contributed by atoms with Crippen LogP contribution in [0.4, 0.5) is 17.1 Å². The number of aryl methyl sites for hydroxylation is 1. The van der Waals surface area contributed by atoms with Crippen LogP contribution in [0.3, 0.4) is 0 Å². The first-order valence-electron chi connectivity index (χ1n) is 18.2.